The first kappa shape index (κ1) is 25.8. The largest absolute Gasteiger partial charge is 0.416 e. The van der Waals surface area contributed by atoms with Gasteiger partial charge in [-0.25, -0.2) is 19.4 Å². The summed E-state index contributed by atoms with van der Waals surface area (Å²) < 4.78 is 42.0. The molecule has 0 aliphatic carbocycles. The van der Waals surface area contributed by atoms with Crippen molar-refractivity contribution in [3.05, 3.63) is 74.8 Å². The van der Waals surface area contributed by atoms with Gasteiger partial charge < -0.3 is 10.2 Å². The van der Waals surface area contributed by atoms with Gasteiger partial charge >= 0.3 is 11.9 Å². The number of nitrogens with zero attached hydrogens (tertiary/aromatic N) is 7. The number of alkyl halides is 3. The number of pyridine rings is 1. The molecule has 15 heteroatoms. The highest BCUT2D eigenvalue weighted by molar-refractivity contribution is 6.30. The van der Waals surface area contributed by atoms with Crippen molar-refractivity contribution in [2.75, 3.05) is 0 Å². The zero-order valence-electron chi connectivity index (χ0n) is 18.4. The Balaban J connectivity index is 1.76. The van der Waals surface area contributed by atoms with E-state index in [0.29, 0.717) is 26.0 Å². The van der Waals surface area contributed by atoms with Gasteiger partial charge in [0.2, 0.25) is 0 Å². The molecular weight excluding hydrogens is 526 g/mol. The Morgan fingerprint density at radius 3 is 2.28 bits per heavy atom. The van der Waals surface area contributed by atoms with E-state index in [9.17, 15) is 28.2 Å². The molecule has 3 aromatic heterocycles. The topological polar surface area (TPSA) is 124 Å². The number of aromatic nitrogens is 7. The van der Waals surface area contributed by atoms with Gasteiger partial charge in [0.15, 0.2) is 29.4 Å². The first-order valence-corrected chi connectivity index (χ1v) is 11.1. The smallest absolute Gasteiger partial charge is 0.385 e. The summed E-state index contributed by atoms with van der Waals surface area (Å²) in [6, 6.07) is 9.05. The molecule has 0 amide bonds. The second-order valence-electron chi connectivity index (χ2n) is 7.75. The Bertz CT molecular complexity index is 1410. The number of hydrogen-bond acceptors (Lipinski definition) is 7. The van der Waals surface area contributed by atoms with Gasteiger partial charge in [-0.2, -0.15) is 17.9 Å². The summed E-state index contributed by atoms with van der Waals surface area (Å²) in [4.78, 5) is 21.4. The van der Waals surface area contributed by atoms with E-state index in [1.807, 2.05) is 0 Å². The summed E-state index contributed by atoms with van der Waals surface area (Å²) in [5, 5.41) is 28.9. The van der Waals surface area contributed by atoms with Crippen LogP contribution in [0.1, 0.15) is 24.7 Å². The van der Waals surface area contributed by atoms with Crippen LogP contribution in [0.15, 0.2) is 47.4 Å². The van der Waals surface area contributed by atoms with Gasteiger partial charge in [-0.1, -0.05) is 23.2 Å². The molecule has 0 aliphatic heterocycles. The molecule has 36 heavy (non-hydrogen) atoms. The Labute approximate surface area is 211 Å². The summed E-state index contributed by atoms with van der Waals surface area (Å²) in [7, 11) is 0. The lowest BCUT2D eigenvalue weighted by Crippen LogP contribution is -2.37. The molecule has 2 atom stereocenters. The zero-order valence-corrected chi connectivity index (χ0v) is 19.9. The van der Waals surface area contributed by atoms with Gasteiger partial charge in [0.05, 0.1) is 11.6 Å². The average Bonchev–Trinajstić information content (AvgIpc) is 3.37. The van der Waals surface area contributed by atoms with Crippen LogP contribution >= 0.6 is 23.2 Å². The molecule has 3 heterocycles. The number of hydrogen-bond donors (Lipinski definition) is 2. The molecule has 10 nitrogen and oxygen atoms in total. The van der Waals surface area contributed by atoms with Crippen molar-refractivity contribution < 1.29 is 23.4 Å². The Morgan fingerprint density at radius 1 is 1.03 bits per heavy atom. The van der Waals surface area contributed by atoms with Crippen LogP contribution in [0.25, 0.3) is 17.2 Å². The van der Waals surface area contributed by atoms with E-state index in [1.165, 1.54) is 42.1 Å². The number of aliphatic hydroxyl groups excluding tert-OH is 2. The summed E-state index contributed by atoms with van der Waals surface area (Å²) in [5.41, 5.74) is -0.624. The highest BCUT2D eigenvalue weighted by atomic mass is 35.5. The summed E-state index contributed by atoms with van der Waals surface area (Å²) in [5.74, 6) is 0.322. The highest BCUT2D eigenvalue weighted by Crippen LogP contribution is 2.24. The minimum atomic E-state index is -4.95. The molecule has 0 radical (unpaired) electrons. The van der Waals surface area contributed by atoms with E-state index in [4.69, 9.17) is 23.2 Å². The standard InChI is InChI=1S/C21H18Cl2F3N7O3/c1-11(34)18-28-16(29-33(18)17-7-6-14(23)8-27-17)10-32-20(36)31(9-15(35)21(24,25)26)19(30-32)12-2-4-13(22)5-3-12/h2-8,11,15,34-35H,9-10H2,1H3/t11-,15+/m1/s1. The zero-order chi connectivity index (χ0) is 26.2. The SMILES string of the molecule is C[C@@H](O)c1nc(Cn2nc(-c3ccc(Cl)cc3)n(C[C@H](O)C(F)(F)F)c2=O)nn1-c1ccc(Cl)cn1. The number of rotatable bonds is 7. The molecule has 0 fully saturated rings. The minimum absolute atomic E-state index is 0.0356. The Kier molecular flexibility index (Phi) is 7.18. The molecule has 2 N–H and O–H groups in total. The quantitative estimate of drug-likeness (QED) is 0.367. The lowest BCUT2D eigenvalue weighted by atomic mass is 10.2. The predicted octanol–water partition coefficient (Wildman–Crippen LogP) is 3.02. The Morgan fingerprint density at radius 2 is 1.69 bits per heavy atom. The van der Waals surface area contributed by atoms with Crippen LogP contribution in [0.2, 0.25) is 10.0 Å². The van der Waals surface area contributed by atoms with E-state index in [2.05, 4.69) is 20.2 Å². The fourth-order valence-electron chi connectivity index (χ4n) is 3.30. The average molecular weight is 544 g/mol. The molecule has 0 saturated heterocycles. The monoisotopic (exact) mass is 543 g/mol. The second-order valence-corrected chi connectivity index (χ2v) is 8.62. The normalized spacial score (nSPS) is 13.7. The summed E-state index contributed by atoms with van der Waals surface area (Å²) >= 11 is 11.8. The van der Waals surface area contributed by atoms with E-state index >= 15 is 0 Å². The van der Waals surface area contributed by atoms with Crippen LogP contribution in [-0.2, 0) is 13.1 Å². The number of halogens is 5. The number of aliphatic hydroxyl groups is 2. The summed E-state index contributed by atoms with van der Waals surface area (Å²) in [6.07, 6.45) is -7.43. The van der Waals surface area contributed by atoms with Gasteiger partial charge in [0.25, 0.3) is 0 Å². The van der Waals surface area contributed by atoms with Crippen LogP contribution in [0.5, 0.6) is 0 Å². The first-order chi connectivity index (χ1) is 16.9. The van der Waals surface area contributed by atoms with Crippen molar-refractivity contribution in [3.63, 3.8) is 0 Å². The van der Waals surface area contributed by atoms with E-state index < -0.39 is 30.6 Å². The van der Waals surface area contributed by atoms with E-state index in [0.717, 1.165) is 4.68 Å². The molecule has 0 saturated carbocycles. The lowest BCUT2D eigenvalue weighted by Gasteiger charge is -2.15. The van der Waals surface area contributed by atoms with E-state index in [-0.39, 0.29) is 24.0 Å². The second kappa shape index (κ2) is 10.0. The first-order valence-electron chi connectivity index (χ1n) is 10.4. The van der Waals surface area contributed by atoms with Gasteiger partial charge in [-0.05, 0) is 43.3 Å². The molecule has 1 aromatic carbocycles. The molecule has 0 spiro atoms. The lowest BCUT2D eigenvalue weighted by molar-refractivity contribution is -0.207. The minimum Gasteiger partial charge on any atom is -0.385 e. The highest BCUT2D eigenvalue weighted by Gasteiger charge is 2.39. The predicted molar refractivity (Wildman–Crippen MR) is 123 cm³/mol. The molecular formula is C21H18Cl2F3N7O3. The van der Waals surface area contributed by atoms with E-state index in [1.54, 1.807) is 12.1 Å². The third kappa shape index (κ3) is 5.43. The van der Waals surface area contributed by atoms with Crippen molar-refractivity contribution in [1.29, 1.82) is 0 Å². The van der Waals surface area contributed by atoms with Crippen molar-refractivity contribution in [2.45, 2.75) is 38.4 Å². The molecule has 0 aliphatic rings. The fourth-order valence-corrected chi connectivity index (χ4v) is 3.54. The fraction of sp³-hybridized carbons (Fsp3) is 0.286. The van der Waals surface area contributed by atoms with Crippen LogP contribution in [0, 0.1) is 0 Å². The van der Waals surface area contributed by atoms with Crippen LogP contribution in [0.4, 0.5) is 13.2 Å². The molecule has 0 bridgehead atoms. The molecule has 4 rings (SSSR count). The Hall–Kier alpha value is -3.26. The molecule has 190 valence electrons. The van der Waals surface area contributed by atoms with Gasteiger partial charge in [0.1, 0.15) is 12.6 Å². The van der Waals surface area contributed by atoms with Gasteiger partial charge in [0, 0.05) is 16.8 Å². The van der Waals surface area contributed by atoms with Crippen molar-refractivity contribution >= 4 is 23.2 Å². The maximum atomic E-state index is 13.1. The van der Waals surface area contributed by atoms with Crippen molar-refractivity contribution in [1.82, 2.24) is 34.1 Å². The maximum Gasteiger partial charge on any atom is 0.416 e. The maximum absolute atomic E-state index is 13.1. The molecule has 4 aromatic rings. The summed E-state index contributed by atoms with van der Waals surface area (Å²) in [6.45, 7) is 0.0445. The number of benzene rings is 1. The van der Waals surface area contributed by atoms with Crippen LogP contribution in [-0.4, -0.2) is 56.6 Å². The van der Waals surface area contributed by atoms with Gasteiger partial charge in [-0.15, -0.1) is 10.2 Å². The van der Waals surface area contributed by atoms with Gasteiger partial charge in [-0.3, -0.25) is 4.57 Å². The van der Waals surface area contributed by atoms with Crippen molar-refractivity contribution in [2.24, 2.45) is 0 Å². The third-order valence-electron chi connectivity index (χ3n) is 5.03. The van der Waals surface area contributed by atoms with Crippen molar-refractivity contribution in [3.8, 4) is 17.2 Å². The van der Waals surface area contributed by atoms with Crippen LogP contribution in [0.3, 0.4) is 0 Å². The molecule has 0 unspecified atom stereocenters. The third-order valence-corrected chi connectivity index (χ3v) is 5.50. The van der Waals surface area contributed by atoms with Crippen LogP contribution < -0.4 is 5.69 Å².